The first-order chi connectivity index (χ1) is 12.7. The lowest BCUT2D eigenvalue weighted by molar-refractivity contribution is 0.181. The number of aliphatic hydroxyl groups excluding tert-OH is 1. The topological polar surface area (TPSA) is 20.2 Å². The highest BCUT2D eigenvalue weighted by Gasteiger charge is 2.10. The second-order valence-electron chi connectivity index (χ2n) is 5.96. The molecule has 0 saturated carbocycles. The first-order valence-corrected chi connectivity index (χ1v) is 10.3. The fraction of sp³-hybridized carbons (Fsp3) is 0.130. The molecule has 1 nitrogen and oxygen atoms in total. The molecule has 3 rings (SSSR count). The number of thioether (sulfide) groups is 2. The first-order valence-electron chi connectivity index (χ1n) is 8.62. The Balaban J connectivity index is 1.77. The molecule has 0 saturated heterocycles. The molecule has 0 unspecified atom stereocenters. The Morgan fingerprint density at radius 1 is 0.808 bits per heavy atom. The molecule has 3 aromatic rings. The van der Waals surface area contributed by atoms with Gasteiger partial charge >= 0.3 is 0 Å². The Kier molecular flexibility index (Phi) is 7.01. The number of rotatable bonds is 7. The Labute approximate surface area is 164 Å². The van der Waals surface area contributed by atoms with Crippen LogP contribution in [0.25, 0.3) is 0 Å². The molecule has 0 aliphatic heterocycles. The summed E-state index contributed by atoms with van der Waals surface area (Å²) in [5, 5.41) is 10.6. The Bertz CT molecular complexity index is 801. The van der Waals surface area contributed by atoms with E-state index in [0.29, 0.717) is 6.42 Å². The van der Waals surface area contributed by atoms with E-state index in [2.05, 4.69) is 54.6 Å². The average molecular weight is 379 g/mol. The Morgan fingerprint density at radius 3 is 1.85 bits per heavy atom. The van der Waals surface area contributed by atoms with E-state index in [-0.39, 0.29) is 0 Å². The normalized spacial score (nSPS) is 11.8. The third kappa shape index (κ3) is 5.53. The van der Waals surface area contributed by atoms with E-state index in [9.17, 15) is 5.11 Å². The monoisotopic (exact) mass is 378 g/mol. The molecule has 26 heavy (non-hydrogen) atoms. The molecular weight excluding hydrogens is 356 g/mol. The second-order valence-corrected chi connectivity index (χ2v) is 8.45. The van der Waals surface area contributed by atoms with Gasteiger partial charge in [-0.05, 0) is 48.7 Å². The van der Waals surface area contributed by atoms with Gasteiger partial charge < -0.3 is 5.11 Å². The maximum absolute atomic E-state index is 10.6. The molecule has 3 heteroatoms. The molecule has 0 aromatic heterocycles. The second kappa shape index (κ2) is 9.67. The van der Waals surface area contributed by atoms with Gasteiger partial charge in [0.05, 0.1) is 6.10 Å². The number of hydrogen-bond donors (Lipinski definition) is 1. The van der Waals surface area contributed by atoms with E-state index in [4.69, 9.17) is 0 Å². The van der Waals surface area contributed by atoms with Crippen LogP contribution in [0.4, 0.5) is 0 Å². The SMILES string of the molecule is Cc1ccccc1[C@@H](O)CC=C(Sc1ccccc1)Sc1ccccc1. The van der Waals surface area contributed by atoms with Crippen LogP contribution in [-0.4, -0.2) is 5.11 Å². The lowest BCUT2D eigenvalue weighted by atomic mass is 10.0. The number of benzene rings is 3. The molecule has 0 heterocycles. The van der Waals surface area contributed by atoms with Crippen molar-refractivity contribution >= 4 is 23.5 Å². The van der Waals surface area contributed by atoms with Crippen molar-refractivity contribution in [2.75, 3.05) is 0 Å². The van der Waals surface area contributed by atoms with Crippen LogP contribution < -0.4 is 0 Å². The van der Waals surface area contributed by atoms with Gasteiger partial charge in [0, 0.05) is 14.0 Å². The van der Waals surface area contributed by atoms with Crippen molar-refractivity contribution in [1.82, 2.24) is 0 Å². The third-order valence-corrected chi connectivity index (χ3v) is 6.23. The maximum atomic E-state index is 10.6. The van der Waals surface area contributed by atoms with Gasteiger partial charge in [-0.2, -0.15) is 0 Å². The van der Waals surface area contributed by atoms with E-state index in [1.807, 2.05) is 43.3 Å². The summed E-state index contributed by atoms with van der Waals surface area (Å²) in [6.45, 7) is 2.04. The van der Waals surface area contributed by atoms with E-state index in [0.717, 1.165) is 11.1 Å². The molecule has 0 aliphatic rings. The zero-order chi connectivity index (χ0) is 18.2. The molecule has 0 bridgehead atoms. The van der Waals surface area contributed by atoms with Gasteiger partial charge in [0.25, 0.3) is 0 Å². The molecule has 0 aliphatic carbocycles. The van der Waals surface area contributed by atoms with E-state index < -0.39 is 6.10 Å². The van der Waals surface area contributed by atoms with E-state index in [1.54, 1.807) is 23.5 Å². The summed E-state index contributed by atoms with van der Waals surface area (Å²) in [5.41, 5.74) is 2.12. The largest absolute Gasteiger partial charge is 0.388 e. The fourth-order valence-electron chi connectivity index (χ4n) is 2.61. The smallest absolute Gasteiger partial charge is 0.0827 e. The van der Waals surface area contributed by atoms with Crippen molar-refractivity contribution in [3.05, 3.63) is 106 Å². The maximum Gasteiger partial charge on any atom is 0.0827 e. The van der Waals surface area contributed by atoms with Crippen LogP contribution in [0.15, 0.2) is 105 Å². The fourth-order valence-corrected chi connectivity index (χ4v) is 4.76. The highest BCUT2D eigenvalue weighted by molar-refractivity contribution is 8.22. The molecule has 0 amide bonds. The average Bonchev–Trinajstić information content (AvgIpc) is 2.68. The quantitative estimate of drug-likeness (QED) is 0.454. The molecule has 1 atom stereocenters. The van der Waals surface area contributed by atoms with Crippen molar-refractivity contribution < 1.29 is 5.11 Å². The summed E-state index contributed by atoms with van der Waals surface area (Å²) >= 11 is 3.48. The van der Waals surface area contributed by atoms with Crippen LogP contribution >= 0.6 is 23.5 Å². The van der Waals surface area contributed by atoms with E-state index >= 15 is 0 Å². The minimum atomic E-state index is -0.487. The van der Waals surface area contributed by atoms with E-state index in [1.165, 1.54) is 14.0 Å². The van der Waals surface area contributed by atoms with Crippen molar-refractivity contribution in [3.63, 3.8) is 0 Å². The van der Waals surface area contributed by atoms with Gasteiger partial charge in [-0.15, -0.1) is 0 Å². The number of hydrogen-bond acceptors (Lipinski definition) is 3. The van der Waals surface area contributed by atoms with Crippen molar-refractivity contribution in [3.8, 4) is 0 Å². The minimum Gasteiger partial charge on any atom is -0.388 e. The number of aryl methyl sites for hydroxylation is 1. The highest BCUT2D eigenvalue weighted by atomic mass is 32.2. The van der Waals surface area contributed by atoms with Crippen LogP contribution in [-0.2, 0) is 0 Å². The summed E-state index contributed by atoms with van der Waals surface area (Å²) in [4.78, 5) is 2.40. The third-order valence-electron chi connectivity index (χ3n) is 3.98. The number of aliphatic hydroxyl groups is 1. The molecule has 0 fully saturated rings. The highest BCUT2D eigenvalue weighted by Crippen LogP contribution is 2.40. The summed E-state index contributed by atoms with van der Waals surface area (Å²) in [5.74, 6) is 0. The summed E-state index contributed by atoms with van der Waals surface area (Å²) in [6, 6.07) is 28.7. The molecule has 3 aromatic carbocycles. The molecular formula is C23H22OS2. The summed E-state index contributed by atoms with van der Waals surface area (Å²) < 4.78 is 1.18. The minimum absolute atomic E-state index is 0.487. The van der Waals surface area contributed by atoms with Crippen LogP contribution in [0.5, 0.6) is 0 Å². The zero-order valence-corrected chi connectivity index (χ0v) is 16.3. The van der Waals surface area contributed by atoms with Crippen molar-refractivity contribution in [2.24, 2.45) is 0 Å². The van der Waals surface area contributed by atoms with Crippen LogP contribution in [0.1, 0.15) is 23.7 Å². The molecule has 0 radical (unpaired) electrons. The van der Waals surface area contributed by atoms with Crippen LogP contribution in [0, 0.1) is 6.92 Å². The lowest BCUT2D eigenvalue weighted by Crippen LogP contribution is -1.98. The van der Waals surface area contributed by atoms with Gasteiger partial charge in [-0.1, -0.05) is 90.3 Å². The van der Waals surface area contributed by atoms with Gasteiger partial charge in [0.2, 0.25) is 0 Å². The summed E-state index contributed by atoms with van der Waals surface area (Å²) in [6.07, 6.45) is 2.26. The van der Waals surface area contributed by atoms with Crippen LogP contribution in [0.2, 0.25) is 0 Å². The zero-order valence-electron chi connectivity index (χ0n) is 14.7. The van der Waals surface area contributed by atoms with Crippen molar-refractivity contribution in [1.29, 1.82) is 0 Å². The Morgan fingerprint density at radius 2 is 1.31 bits per heavy atom. The molecule has 0 spiro atoms. The standard InChI is InChI=1S/C23H22OS2/c1-18-10-8-9-15-21(18)22(24)16-17-23(25-19-11-4-2-5-12-19)26-20-13-6-3-7-14-20/h2-15,17,22,24H,16H2,1H3/t22-/m0/s1. The first kappa shape index (κ1) is 18.8. The van der Waals surface area contributed by atoms with Crippen LogP contribution in [0.3, 0.4) is 0 Å². The van der Waals surface area contributed by atoms with Gasteiger partial charge in [0.15, 0.2) is 0 Å². The Hall–Kier alpha value is -1.94. The van der Waals surface area contributed by atoms with Crippen molar-refractivity contribution in [2.45, 2.75) is 29.2 Å². The molecule has 132 valence electrons. The van der Waals surface area contributed by atoms with Gasteiger partial charge in [-0.25, -0.2) is 0 Å². The molecule has 1 N–H and O–H groups in total. The summed E-state index contributed by atoms with van der Waals surface area (Å²) in [7, 11) is 0. The lowest BCUT2D eigenvalue weighted by Gasteiger charge is -2.13. The van der Waals surface area contributed by atoms with Gasteiger partial charge in [-0.3, -0.25) is 0 Å². The predicted molar refractivity (Wildman–Crippen MR) is 113 cm³/mol. The predicted octanol–water partition coefficient (Wildman–Crippen LogP) is 6.84. The van der Waals surface area contributed by atoms with Gasteiger partial charge in [0.1, 0.15) is 0 Å².